The lowest BCUT2D eigenvalue weighted by molar-refractivity contribution is -0.122. The van der Waals surface area contributed by atoms with Gasteiger partial charge in [-0.15, -0.1) is 0 Å². The van der Waals surface area contributed by atoms with Crippen LogP contribution in [0.3, 0.4) is 0 Å². The van der Waals surface area contributed by atoms with Crippen LogP contribution in [0.5, 0.6) is 0 Å². The van der Waals surface area contributed by atoms with Gasteiger partial charge in [-0.1, -0.05) is 60.4 Å². The molecule has 0 bridgehead atoms. The largest absolute Gasteiger partial charge is 0.356 e. The third-order valence-electron chi connectivity index (χ3n) is 6.02. The van der Waals surface area contributed by atoms with E-state index in [0.717, 1.165) is 37.9 Å². The number of thiocarbonyl (C=S) groups is 1. The van der Waals surface area contributed by atoms with E-state index in [4.69, 9.17) is 17.2 Å². The van der Waals surface area contributed by atoms with E-state index >= 15 is 0 Å². The molecule has 2 aliphatic rings. The zero-order valence-electron chi connectivity index (χ0n) is 18.1. The lowest BCUT2D eigenvalue weighted by atomic mass is 10.1. The number of hydrogen-bond donors (Lipinski definition) is 0. The van der Waals surface area contributed by atoms with Crippen LogP contribution in [0.15, 0.2) is 64.4 Å². The van der Waals surface area contributed by atoms with Crippen LogP contribution >= 0.6 is 24.0 Å². The molecule has 5 rings (SSSR count). The lowest BCUT2D eigenvalue weighted by Gasteiger charge is -2.29. The summed E-state index contributed by atoms with van der Waals surface area (Å²) in [5, 5.41) is 0. The van der Waals surface area contributed by atoms with Crippen molar-refractivity contribution in [3.05, 3.63) is 81.1 Å². The van der Waals surface area contributed by atoms with Gasteiger partial charge in [0, 0.05) is 25.8 Å². The van der Waals surface area contributed by atoms with Gasteiger partial charge in [0.05, 0.1) is 10.5 Å². The maximum Gasteiger partial charge on any atom is 0.267 e. The summed E-state index contributed by atoms with van der Waals surface area (Å²) in [5.41, 5.74) is 2.04. The average Bonchev–Trinajstić information content (AvgIpc) is 3.12. The number of pyridine rings is 1. The number of benzene rings is 1. The molecule has 0 saturated carbocycles. The highest BCUT2D eigenvalue weighted by molar-refractivity contribution is 8.26. The Morgan fingerprint density at radius 1 is 1.00 bits per heavy atom. The minimum atomic E-state index is -0.171. The van der Waals surface area contributed by atoms with Gasteiger partial charge in [-0.3, -0.25) is 18.9 Å². The molecule has 33 heavy (non-hydrogen) atoms. The Kier molecular flexibility index (Phi) is 6.28. The summed E-state index contributed by atoms with van der Waals surface area (Å²) in [6, 6.07) is 15.6. The van der Waals surface area contributed by atoms with E-state index in [1.165, 1.54) is 22.6 Å². The Balaban J connectivity index is 1.50. The van der Waals surface area contributed by atoms with E-state index in [1.807, 2.05) is 48.5 Å². The number of aromatic nitrogens is 2. The number of carbonyl (C=O) groups excluding carboxylic acids is 1. The zero-order valence-corrected chi connectivity index (χ0v) is 19.8. The average molecular weight is 477 g/mol. The number of anilines is 1. The molecule has 1 amide bonds. The van der Waals surface area contributed by atoms with E-state index in [0.29, 0.717) is 32.8 Å². The molecular weight excluding hydrogens is 452 g/mol. The first kappa shape index (κ1) is 21.9. The van der Waals surface area contributed by atoms with Gasteiger partial charge in [0.25, 0.3) is 11.5 Å². The Morgan fingerprint density at radius 2 is 1.76 bits per heavy atom. The minimum Gasteiger partial charge on any atom is -0.356 e. The molecule has 0 unspecified atom stereocenters. The summed E-state index contributed by atoms with van der Waals surface area (Å²) >= 11 is 6.77. The third kappa shape index (κ3) is 4.45. The SMILES string of the molecule is O=C1/C(=C/c2c(N3CCCCC3)nc3ccccn3c2=O)SC(=S)N1CCc1ccccc1. The number of hydrogen-bond acceptors (Lipinski definition) is 6. The van der Waals surface area contributed by atoms with Crippen molar-refractivity contribution in [2.45, 2.75) is 25.7 Å². The van der Waals surface area contributed by atoms with Crippen LogP contribution in [0.1, 0.15) is 30.4 Å². The number of nitrogens with zero attached hydrogens (tertiary/aromatic N) is 4. The molecule has 4 heterocycles. The molecule has 0 spiro atoms. The zero-order chi connectivity index (χ0) is 22.8. The van der Waals surface area contributed by atoms with Crippen molar-refractivity contribution < 1.29 is 4.79 Å². The number of thioether (sulfide) groups is 1. The van der Waals surface area contributed by atoms with Crippen molar-refractivity contribution in [3.8, 4) is 0 Å². The third-order valence-corrected chi connectivity index (χ3v) is 7.40. The highest BCUT2D eigenvalue weighted by atomic mass is 32.2. The molecule has 3 aromatic rings. The van der Waals surface area contributed by atoms with Gasteiger partial charge in [-0.05, 0) is 49.5 Å². The fourth-order valence-corrected chi connectivity index (χ4v) is 5.56. The molecule has 2 aromatic heterocycles. The monoisotopic (exact) mass is 476 g/mol. The Hall–Kier alpha value is -2.97. The summed E-state index contributed by atoms with van der Waals surface area (Å²) in [5.74, 6) is 0.503. The van der Waals surface area contributed by atoms with Gasteiger partial charge in [0.1, 0.15) is 15.8 Å². The Morgan fingerprint density at radius 3 is 2.55 bits per heavy atom. The van der Waals surface area contributed by atoms with Crippen LogP contribution in [0, 0.1) is 0 Å². The lowest BCUT2D eigenvalue weighted by Crippen LogP contribution is -2.33. The van der Waals surface area contributed by atoms with Gasteiger partial charge in [-0.25, -0.2) is 4.98 Å². The van der Waals surface area contributed by atoms with Crippen LogP contribution in [0.25, 0.3) is 11.7 Å². The second kappa shape index (κ2) is 9.49. The summed E-state index contributed by atoms with van der Waals surface area (Å²) in [6.45, 7) is 2.22. The first-order valence-electron chi connectivity index (χ1n) is 11.2. The molecule has 0 radical (unpaired) electrons. The van der Waals surface area contributed by atoms with Crippen molar-refractivity contribution >= 4 is 51.7 Å². The van der Waals surface area contributed by atoms with Crippen LogP contribution in [-0.4, -0.2) is 44.1 Å². The second-order valence-corrected chi connectivity index (χ2v) is 9.88. The summed E-state index contributed by atoms with van der Waals surface area (Å²) in [7, 11) is 0. The molecule has 6 nitrogen and oxygen atoms in total. The van der Waals surface area contributed by atoms with Crippen LogP contribution in [0.4, 0.5) is 5.82 Å². The maximum atomic E-state index is 13.4. The van der Waals surface area contributed by atoms with Crippen LogP contribution in [-0.2, 0) is 11.2 Å². The number of fused-ring (bicyclic) bond motifs is 1. The van der Waals surface area contributed by atoms with Gasteiger partial charge in [0.15, 0.2) is 0 Å². The fraction of sp³-hybridized carbons (Fsp3) is 0.280. The first-order valence-corrected chi connectivity index (χ1v) is 12.4. The summed E-state index contributed by atoms with van der Waals surface area (Å²) in [6.07, 6.45) is 7.44. The molecule has 168 valence electrons. The molecule has 2 saturated heterocycles. The fourth-order valence-electron chi connectivity index (χ4n) is 4.27. The van der Waals surface area contributed by atoms with E-state index in [1.54, 1.807) is 17.2 Å². The van der Waals surface area contributed by atoms with Gasteiger partial charge in [-0.2, -0.15) is 0 Å². The Bertz CT molecular complexity index is 1300. The van der Waals surface area contributed by atoms with Crippen molar-refractivity contribution in [3.63, 3.8) is 0 Å². The molecule has 0 N–H and O–H groups in total. The summed E-state index contributed by atoms with van der Waals surface area (Å²) in [4.78, 5) is 35.7. The molecule has 0 atom stereocenters. The molecule has 8 heteroatoms. The first-order chi connectivity index (χ1) is 16.1. The number of amides is 1. The summed E-state index contributed by atoms with van der Waals surface area (Å²) < 4.78 is 2.06. The topological polar surface area (TPSA) is 57.9 Å². The minimum absolute atomic E-state index is 0.150. The van der Waals surface area contributed by atoms with Gasteiger partial charge in [0.2, 0.25) is 0 Å². The normalized spacial score (nSPS) is 18.0. The van der Waals surface area contributed by atoms with Gasteiger partial charge < -0.3 is 4.90 Å². The number of piperidine rings is 1. The van der Waals surface area contributed by atoms with E-state index in [-0.39, 0.29) is 11.5 Å². The molecule has 2 aliphatic heterocycles. The van der Waals surface area contributed by atoms with Crippen LogP contribution in [0.2, 0.25) is 0 Å². The van der Waals surface area contributed by atoms with Crippen molar-refractivity contribution in [2.75, 3.05) is 24.5 Å². The van der Waals surface area contributed by atoms with E-state index in [9.17, 15) is 9.59 Å². The highest BCUT2D eigenvalue weighted by Crippen LogP contribution is 2.34. The van der Waals surface area contributed by atoms with Crippen molar-refractivity contribution in [1.29, 1.82) is 0 Å². The quantitative estimate of drug-likeness (QED) is 0.408. The maximum absolute atomic E-state index is 13.4. The Labute approximate surface area is 201 Å². The van der Waals surface area contributed by atoms with Crippen molar-refractivity contribution in [1.82, 2.24) is 14.3 Å². The highest BCUT2D eigenvalue weighted by Gasteiger charge is 2.32. The standard InChI is InChI=1S/C25H24N4O2S2/c30-23-19(22(27-13-6-2-7-14-27)26-21-11-5-8-15-28(21)23)17-20-24(31)29(25(32)33-20)16-12-18-9-3-1-4-10-18/h1,3-5,8-11,15,17H,2,6-7,12-14,16H2/b20-17-. The predicted octanol–water partition coefficient (Wildman–Crippen LogP) is 4.13. The second-order valence-electron chi connectivity index (χ2n) is 8.20. The van der Waals surface area contributed by atoms with E-state index < -0.39 is 0 Å². The predicted molar refractivity (Wildman–Crippen MR) is 138 cm³/mol. The van der Waals surface area contributed by atoms with E-state index in [2.05, 4.69) is 4.90 Å². The molecule has 0 aliphatic carbocycles. The number of carbonyl (C=O) groups is 1. The smallest absolute Gasteiger partial charge is 0.267 e. The van der Waals surface area contributed by atoms with Crippen LogP contribution < -0.4 is 10.5 Å². The molecule has 1 aromatic carbocycles. The van der Waals surface area contributed by atoms with Crippen molar-refractivity contribution in [2.24, 2.45) is 0 Å². The number of rotatable bonds is 5. The van der Waals surface area contributed by atoms with Gasteiger partial charge >= 0.3 is 0 Å². The molecular formula is C25H24N4O2S2. The molecule has 2 fully saturated rings.